The summed E-state index contributed by atoms with van der Waals surface area (Å²) in [5, 5.41) is 7.92. The molecule has 0 aliphatic rings. The maximum Gasteiger partial charge on any atom is 0.217 e. The van der Waals surface area contributed by atoms with Crippen molar-refractivity contribution in [2.75, 3.05) is 5.88 Å². The predicted octanol–water partition coefficient (Wildman–Crippen LogP) is 2.94. The molecule has 0 unspecified atom stereocenters. The Labute approximate surface area is 106 Å². The summed E-state index contributed by atoms with van der Waals surface area (Å²) < 4.78 is 5.46. The van der Waals surface area contributed by atoms with Gasteiger partial charge in [-0.05, 0) is 18.9 Å². The maximum atomic E-state index is 5.61. The number of rotatable bonds is 5. The largest absolute Gasteiger partial charge is 0.425 e. The number of halogens is 1. The summed E-state index contributed by atoms with van der Waals surface area (Å²) in [6, 6.07) is 8.49. The van der Waals surface area contributed by atoms with E-state index in [-0.39, 0.29) is 0 Å². The van der Waals surface area contributed by atoms with Gasteiger partial charge in [-0.3, -0.25) is 0 Å². The van der Waals surface area contributed by atoms with Gasteiger partial charge in [0.1, 0.15) is 0 Å². The second kappa shape index (κ2) is 5.82. The molecule has 2 rings (SSSR count). The van der Waals surface area contributed by atoms with E-state index < -0.39 is 0 Å². The Hall–Kier alpha value is -1.35. The number of alkyl halides is 1. The summed E-state index contributed by atoms with van der Waals surface area (Å²) in [5.74, 6) is 1.82. The maximum absolute atomic E-state index is 5.61. The van der Waals surface area contributed by atoms with Crippen LogP contribution in [0.4, 0.5) is 0 Å². The van der Waals surface area contributed by atoms with Gasteiger partial charge < -0.3 is 4.42 Å². The van der Waals surface area contributed by atoms with Crippen molar-refractivity contribution >= 4 is 11.6 Å². The number of benzene rings is 1. The van der Waals surface area contributed by atoms with Crippen LogP contribution >= 0.6 is 11.6 Å². The number of nitrogens with zero attached hydrogens (tertiary/aromatic N) is 2. The van der Waals surface area contributed by atoms with E-state index in [1.807, 2.05) is 0 Å². The zero-order valence-corrected chi connectivity index (χ0v) is 10.6. The highest BCUT2D eigenvalue weighted by atomic mass is 35.5. The Balaban J connectivity index is 1.90. The van der Waals surface area contributed by atoms with E-state index in [1.54, 1.807) is 0 Å². The quantitative estimate of drug-likeness (QED) is 0.766. The normalized spacial score (nSPS) is 10.7. The Kier molecular flexibility index (Phi) is 4.15. The Morgan fingerprint density at radius 3 is 2.29 bits per heavy atom. The molecule has 0 N–H and O–H groups in total. The SMILES string of the molecule is Cc1ccc(CCc2nnc(CCCl)o2)cc1. The highest BCUT2D eigenvalue weighted by Crippen LogP contribution is 2.08. The summed E-state index contributed by atoms with van der Waals surface area (Å²) in [7, 11) is 0. The van der Waals surface area contributed by atoms with Gasteiger partial charge in [0.05, 0.1) is 0 Å². The van der Waals surface area contributed by atoms with E-state index in [1.165, 1.54) is 11.1 Å². The summed E-state index contributed by atoms with van der Waals surface area (Å²) in [4.78, 5) is 0. The summed E-state index contributed by atoms with van der Waals surface area (Å²) >= 11 is 5.61. The molecular formula is C13H15ClN2O. The Morgan fingerprint density at radius 1 is 1.00 bits per heavy atom. The Bertz CT molecular complexity index is 465. The van der Waals surface area contributed by atoms with Crippen molar-refractivity contribution in [3.8, 4) is 0 Å². The minimum Gasteiger partial charge on any atom is -0.425 e. The molecule has 90 valence electrons. The lowest BCUT2D eigenvalue weighted by Crippen LogP contribution is -1.91. The molecule has 0 radical (unpaired) electrons. The van der Waals surface area contributed by atoms with Crippen molar-refractivity contribution in [3.63, 3.8) is 0 Å². The number of aryl methyl sites for hydroxylation is 4. The first-order valence-electron chi connectivity index (χ1n) is 5.70. The molecule has 17 heavy (non-hydrogen) atoms. The molecule has 0 atom stereocenters. The number of hydrogen-bond donors (Lipinski definition) is 0. The number of aromatic nitrogens is 2. The van der Waals surface area contributed by atoms with Crippen LogP contribution < -0.4 is 0 Å². The van der Waals surface area contributed by atoms with Crippen molar-refractivity contribution in [2.45, 2.75) is 26.2 Å². The molecule has 3 nitrogen and oxygen atoms in total. The molecule has 4 heteroatoms. The van der Waals surface area contributed by atoms with E-state index in [0.717, 1.165) is 12.8 Å². The van der Waals surface area contributed by atoms with Gasteiger partial charge in [-0.15, -0.1) is 21.8 Å². The molecular weight excluding hydrogens is 236 g/mol. The lowest BCUT2D eigenvalue weighted by atomic mass is 10.1. The van der Waals surface area contributed by atoms with Crippen molar-refractivity contribution in [1.29, 1.82) is 0 Å². The lowest BCUT2D eigenvalue weighted by molar-refractivity contribution is 0.454. The zero-order chi connectivity index (χ0) is 12.1. The highest BCUT2D eigenvalue weighted by Gasteiger charge is 2.05. The van der Waals surface area contributed by atoms with Gasteiger partial charge >= 0.3 is 0 Å². The molecule has 1 heterocycles. The predicted molar refractivity (Wildman–Crippen MR) is 67.3 cm³/mol. The van der Waals surface area contributed by atoms with Crippen LogP contribution in [0.15, 0.2) is 28.7 Å². The molecule has 0 saturated heterocycles. The third-order valence-corrected chi connectivity index (χ3v) is 2.75. The fourth-order valence-electron chi connectivity index (χ4n) is 1.58. The zero-order valence-electron chi connectivity index (χ0n) is 9.82. The van der Waals surface area contributed by atoms with Crippen LogP contribution in [-0.2, 0) is 19.3 Å². The second-order valence-electron chi connectivity index (χ2n) is 4.01. The molecule has 1 aromatic heterocycles. The molecule has 0 fully saturated rings. The topological polar surface area (TPSA) is 38.9 Å². The highest BCUT2D eigenvalue weighted by molar-refractivity contribution is 6.17. The molecule has 2 aromatic rings. The third-order valence-electron chi connectivity index (χ3n) is 2.57. The van der Waals surface area contributed by atoms with Crippen molar-refractivity contribution in [3.05, 3.63) is 47.2 Å². The fourth-order valence-corrected chi connectivity index (χ4v) is 1.74. The van der Waals surface area contributed by atoms with Gasteiger partial charge in [0.2, 0.25) is 11.8 Å². The van der Waals surface area contributed by atoms with Crippen LogP contribution in [0.5, 0.6) is 0 Å². The van der Waals surface area contributed by atoms with Crippen LogP contribution in [0.25, 0.3) is 0 Å². The molecule has 1 aromatic carbocycles. The summed E-state index contributed by atoms with van der Waals surface area (Å²) in [6.07, 6.45) is 2.33. The van der Waals surface area contributed by atoms with Crippen LogP contribution in [-0.4, -0.2) is 16.1 Å². The first kappa shape index (κ1) is 12.1. The smallest absolute Gasteiger partial charge is 0.217 e. The van der Waals surface area contributed by atoms with E-state index in [4.69, 9.17) is 16.0 Å². The van der Waals surface area contributed by atoms with E-state index >= 15 is 0 Å². The monoisotopic (exact) mass is 250 g/mol. The molecule has 0 aliphatic carbocycles. The van der Waals surface area contributed by atoms with Gasteiger partial charge in [-0.2, -0.15) is 0 Å². The van der Waals surface area contributed by atoms with Gasteiger partial charge in [0.15, 0.2) is 0 Å². The molecule has 0 saturated carbocycles. The van der Waals surface area contributed by atoms with Crippen molar-refractivity contribution in [1.82, 2.24) is 10.2 Å². The van der Waals surface area contributed by atoms with E-state index in [0.29, 0.717) is 24.1 Å². The van der Waals surface area contributed by atoms with Gasteiger partial charge in [-0.25, -0.2) is 0 Å². The average molecular weight is 251 g/mol. The average Bonchev–Trinajstić information content (AvgIpc) is 2.77. The third kappa shape index (κ3) is 3.56. The van der Waals surface area contributed by atoms with Crippen LogP contribution in [0.1, 0.15) is 22.9 Å². The van der Waals surface area contributed by atoms with Crippen LogP contribution in [0.3, 0.4) is 0 Å². The molecule has 0 amide bonds. The van der Waals surface area contributed by atoms with E-state index in [9.17, 15) is 0 Å². The number of hydrogen-bond acceptors (Lipinski definition) is 3. The fraction of sp³-hybridized carbons (Fsp3) is 0.385. The van der Waals surface area contributed by atoms with Gasteiger partial charge in [0, 0.05) is 18.7 Å². The minimum absolute atomic E-state index is 0.513. The molecule has 0 bridgehead atoms. The molecule has 0 spiro atoms. The first-order chi connectivity index (χ1) is 8.28. The van der Waals surface area contributed by atoms with Crippen LogP contribution in [0, 0.1) is 6.92 Å². The minimum atomic E-state index is 0.513. The van der Waals surface area contributed by atoms with Crippen molar-refractivity contribution < 1.29 is 4.42 Å². The van der Waals surface area contributed by atoms with Gasteiger partial charge in [-0.1, -0.05) is 29.8 Å². The Morgan fingerprint density at radius 2 is 1.65 bits per heavy atom. The first-order valence-corrected chi connectivity index (χ1v) is 6.24. The summed E-state index contributed by atoms with van der Waals surface area (Å²) in [6.45, 7) is 2.08. The van der Waals surface area contributed by atoms with Gasteiger partial charge in [0.25, 0.3) is 0 Å². The van der Waals surface area contributed by atoms with Crippen LogP contribution in [0.2, 0.25) is 0 Å². The lowest BCUT2D eigenvalue weighted by Gasteiger charge is -1.99. The second-order valence-corrected chi connectivity index (χ2v) is 4.39. The van der Waals surface area contributed by atoms with E-state index in [2.05, 4.69) is 41.4 Å². The van der Waals surface area contributed by atoms with Crippen molar-refractivity contribution in [2.24, 2.45) is 0 Å². The standard InChI is InChI=1S/C13H15ClN2O/c1-10-2-4-11(5-3-10)6-7-12-15-16-13(17-12)8-9-14/h2-5H,6-9H2,1H3. The summed E-state index contributed by atoms with van der Waals surface area (Å²) in [5.41, 5.74) is 2.56. The molecule has 0 aliphatic heterocycles.